The Balaban J connectivity index is 1.67. The molecule has 0 fully saturated rings. The van der Waals surface area contributed by atoms with Crippen LogP contribution in [-0.4, -0.2) is 28.3 Å². The van der Waals surface area contributed by atoms with Gasteiger partial charge in [0.1, 0.15) is 12.4 Å². The van der Waals surface area contributed by atoms with Crippen molar-refractivity contribution < 1.29 is 14.3 Å². The third-order valence-electron chi connectivity index (χ3n) is 4.46. The molecule has 3 aromatic rings. The molecule has 0 saturated heterocycles. The summed E-state index contributed by atoms with van der Waals surface area (Å²) in [6, 6.07) is 17.3. The summed E-state index contributed by atoms with van der Waals surface area (Å²) in [6.45, 7) is 0.320. The predicted molar refractivity (Wildman–Crippen MR) is 133 cm³/mol. The minimum atomic E-state index is -0.334. The summed E-state index contributed by atoms with van der Waals surface area (Å²) in [5, 5.41) is 1.66. The second kappa shape index (κ2) is 12.0. The van der Waals surface area contributed by atoms with Crippen LogP contribution in [0.2, 0.25) is 5.02 Å². The zero-order chi connectivity index (χ0) is 22.9. The highest BCUT2D eigenvalue weighted by Gasteiger charge is 2.15. The van der Waals surface area contributed by atoms with Crippen LogP contribution in [0.25, 0.3) is 10.9 Å². The Morgan fingerprint density at radius 1 is 0.969 bits per heavy atom. The SMILES string of the molecule is NC(=O)CCSC(SCCC(N)=O)c1cccc(OCc2ccc3ccc(Cl)cc3n2)c1. The van der Waals surface area contributed by atoms with E-state index in [9.17, 15) is 9.59 Å². The number of rotatable bonds is 12. The molecule has 3 rings (SSSR count). The fraction of sp³-hybridized carbons (Fsp3) is 0.261. The number of carbonyl (C=O) groups excluding carboxylic acids is 2. The number of amides is 2. The first-order valence-corrected chi connectivity index (χ1v) is 12.5. The van der Waals surface area contributed by atoms with Crippen molar-refractivity contribution in [3.63, 3.8) is 0 Å². The minimum Gasteiger partial charge on any atom is -0.487 e. The van der Waals surface area contributed by atoms with Crippen LogP contribution in [0.5, 0.6) is 5.75 Å². The van der Waals surface area contributed by atoms with Gasteiger partial charge >= 0.3 is 0 Å². The van der Waals surface area contributed by atoms with E-state index in [4.69, 9.17) is 27.8 Å². The number of hydrogen-bond acceptors (Lipinski definition) is 6. The molecule has 0 bridgehead atoms. The van der Waals surface area contributed by atoms with Crippen LogP contribution in [0, 0.1) is 0 Å². The molecule has 6 nitrogen and oxygen atoms in total. The van der Waals surface area contributed by atoms with Crippen LogP contribution in [0.15, 0.2) is 54.6 Å². The van der Waals surface area contributed by atoms with Crippen molar-refractivity contribution in [3.05, 3.63) is 70.9 Å². The largest absolute Gasteiger partial charge is 0.487 e. The first-order chi connectivity index (χ1) is 15.4. The molecular formula is C23H24ClN3O3S2. The topological polar surface area (TPSA) is 108 Å². The Kier molecular flexibility index (Phi) is 9.08. The van der Waals surface area contributed by atoms with E-state index >= 15 is 0 Å². The molecule has 0 aliphatic heterocycles. The number of aromatic nitrogens is 1. The molecule has 0 aliphatic carbocycles. The smallest absolute Gasteiger partial charge is 0.218 e. The summed E-state index contributed by atoms with van der Waals surface area (Å²) in [6.07, 6.45) is 0.594. The summed E-state index contributed by atoms with van der Waals surface area (Å²) in [5.74, 6) is 1.24. The van der Waals surface area contributed by atoms with Gasteiger partial charge in [0.15, 0.2) is 0 Å². The number of carbonyl (C=O) groups is 2. The number of nitrogens with zero attached hydrogens (tertiary/aromatic N) is 1. The normalized spacial score (nSPS) is 11.1. The van der Waals surface area contributed by atoms with Crippen molar-refractivity contribution in [1.29, 1.82) is 0 Å². The maximum Gasteiger partial charge on any atom is 0.218 e. The summed E-state index contributed by atoms with van der Waals surface area (Å²) in [7, 11) is 0. The first kappa shape index (κ1) is 24.2. The van der Waals surface area contributed by atoms with Crippen LogP contribution in [0.3, 0.4) is 0 Å². The molecular weight excluding hydrogens is 466 g/mol. The highest BCUT2D eigenvalue weighted by atomic mass is 35.5. The maximum absolute atomic E-state index is 11.1. The number of benzene rings is 2. The second-order valence-electron chi connectivity index (χ2n) is 7.01. The molecule has 0 saturated carbocycles. The predicted octanol–water partition coefficient (Wildman–Crippen LogP) is 4.68. The fourth-order valence-corrected chi connectivity index (χ4v) is 5.77. The van der Waals surface area contributed by atoms with Crippen molar-refractivity contribution in [2.45, 2.75) is 24.0 Å². The van der Waals surface area contributed by atoms with Crippen LogP contribution < -0.4 is 16.2 Å². The van der Waals surface area contributed by atoms with Gasteiger partial charge in [-0.15, -0.1) is 23.5 Å². The van der Waals surface area contributed by atoms with Crippen molar-refractivity contribution in [2.24, 2.45) is 11.5 Å². The summed E-state index contributed by atoms with van der Waals surface area (Å²) in [5.41, 5.74) is 13.2. The van der Waals surface area contributed by atoms with E-state index in [1.54, 1.807) is 23.5 Å². The molecule has 1 heterocycles. The van der Waals surface area contributed by atoms with Crippen molar-refractivity contribution in [1.82, 2.24) is 4.98 Å². The molecule has 2 aromatic carbocycles. The molecule has 4 N–H and O–H groups in total. The van der Waals surface area contributed by atoms with Gasteiger partial charge in [0.2, 0.25) is 11.8 Å². The van der Waals surface area contributed by atoms with E-state index in [1.807, 2.05) is 54.6 Å². The van der Waals surface area contributed by atoms with Gasteiger partial charge in [-0.25, -0.2) is 4.98 Å². The molecule has 1 aromatic heterocycles. The van der Waals surface area contributed by atoms with Crippen LogP contribution >= 0.6 is 35.1 Å². The zero-order valence-corrected chi connectivity index (χ0v) is 19.7. The standard InChI is InChI=1S/C23H24ClN3O3S2/c24-17-6-4-15-5-7-18(27-20(15)13-17)14-30-19-3-1-2-16(12-19)23(31-10-8-21(25)28)32-11-9-22(26)29/h1-7,12-13,23H,8-11,14H2,(H2,25,28)(H2,26,29). The number of thioether (sulfide) groups is 2. The average Bonchev–Trinajstić information content (AvgIpc) is 2.76. The first-order valence-electron chi connectivity index (χ1n) is 9.98. The molecule has 0 atom stereocenters. The molecule has 9 heteroatoms. The van der Waals surface area contributed by atoms with E-state index in [1.165, 1.54) is 0 Å². The molecule has 2 amide bonds. The third-order valence-corrected chi connectivity index (χ3v) is 7.55. The quantitative estimate of drug-likeness (QED) is 0.357. The van der Waals surface area contributed by atoms with Gasteiger partial charge in [-0.3, -0.25) is 9.59 Å². The van der Waals surface area contributed by atoms with Gasteiger partial charge in [-0.1, -0.05) is 35.9 Å². The highest BCUT2D eigenvalue weighted by molar-refractivity contribution is 8.16. The van der Waals surface area contributed by atoms with Crippen LogP contribution in [0.4, 0.5) is 0 Å². The Morgan fingerprint density at radius 2 is 1.66 bits per heavy atom. The zero-order valence-electron chi connectivity index (χ0n) is 17.3. The number of nitrogens with two attached hydrogens (primary N) is 2. The summed E-state index contributed by atoms with van der Waals surface area (Å²) in [4.78, 5) is 26.8. The number of hydrogen-bond donors (Lipinski definition) is 2. The van der Waals surface area contributed by atoms with Gasteiger partial charge in [-0.2, -0.15) is 0 Å². The van der Waals surface area contributed by atoms with Crippen molar-refractivity contribution >= 4 is 57.8 Å². The monoisotopic (exact) mass is 489 g/mol. The van der Waals surface area contributed by atoms with Crippen LogP contribution in [-0.2, 0) is 16.2 Å². The molecule has 0 spiro atoms. The lowest BCUT2D eigenvalue weighted by molar-refractivity contribution is -0.118. The van der Waals surface area contributed by atoms with Crippen LogP contribution in [0.1, 0.15) is 28.7 Å². The number of ether oxygens (including phenoxy) is 1. The lowest BCUT2D eigenvalue weighted by Gasteiger charge is -2.17. The Labute approximate surface area is 200 Å². The maximum atomic E-state index is 11.1. The Hall–Kier alpha value is -2.42. The van der Waals surface area contributed by atoms with Gasteiger partial charge in [0.05, 0.1) is 15.8 Å². The fourth-order valence-electron chi connectivity index (χ4n) is 2.89. The molecule has 32 heavy (non-hydrogen) atoms. The summed E-state index contributed by atoms with van der Waals surface area (Å²) >= 11 is 9.29. The lowest BCUT2D eigenvalue weighted by atomic mass is 10.2. The summed E-state index contributed by atoms with van der Waals surface area (Å²) < 4.78 is 6.01. The van der Waals surface area contributed by atoms with E-state index < -0.39 is 0 Å². The number of primary amides is 2. The Bertz CT molecular complexity index is 1080. The number of pyridine rings is 1. The van der Waals surface area contributed by atoms with Gasteiger partial charge < -0.3 is 16.2 Å². The molecule has 0 aliphatic rings. The van der Waals surface area contributed by atoms with Gasteiger partial charge in [0, 0.05) is 34.8 Å². The number of fused-ring (bicyclic) bond motifs is 1. The van der Waals surface area contributed by atoms with Gasteiger partial charge in [0.25, 0.3) is 0 Å². The van der Waals surface area contributed by atoms with E-state index in [-0.39, 0.29) is 16.4 Å². The molecule has 0 radical (unpaired) electrons. The van der Waals surface area contributed by atoms with E-state index in [2.05, 4.69) is 4.98 Å². The number of halogens is 1. The Morgan fingerprint density at radius 3 is 2.34 bits per heavy atom. The van der Waals surface area contributed by atoms with E-state index in [0.717, 1.165) is 22.2 Å². The lowest BCUT2D eigenvalue weighted by Crippen LogP contribution is -2.12. The molecule has 168 valence electrons. The van der Waals surface area contributed by atoms with E-state index in [0.29, 0.717) is 41.7 Å². The highest BCUT2D eigenvalue weighted by Crippen LogP contribution is 2.41. The van der Waals surface area contributed by atoms with Crippen molar-refractivity contribution in [3.8, 4) is 5.75 Å². The van der Waals surface area contributed by atoms with Gasteiger partial charge in [-0.05, 0) is 35.9 Å². The second-order valence-corrected chi connectivity index (χ2v) is 10.2. The van der Waals surface area contributed by atoms with Crippen molar-refractivity contribution in [2.75, 3.05) is 11.5 Å². The molecule has 0 unspecified atom stereocenters. The minimum absolute atomic E-state index is 0.0261. The third kappa shape index (κ3) is 7.62. The average molecular weight is 490 g/mol.